The Balaban J connectivity index is 1.64. The monoisotopic (exact) mass is 805 g/mol. The van der Waals surface area contributed by atoms with Gasteiger partial charge in [-0.25, -0.2) is 4.79 Å². The van der Waals surface area contributed by atoms with Crippen molar-refractivity contribution >= 4 is 80.2 Å². The molecule has 0 aromatic heterocycles. The molecule has 1 aromatic carbocycles. The van der Waals surface area contributed by atoms with Crippen LogP contribution in [0.15, 0.2) is 24.3 Å². The molecule has 15 nitrogen and oxygen atoms in total. The first-order chi connectivity index (χ1) is 24.8. The highest BCUT2D eigenvalue weighted by Gasteiger charge is 2.37. The van der Waals surface area contributed by atoms with Crippen molar-refractivity contribution in [3.8, 4) is 22.9 Å². The number of thiocyanates is 1. The maximum Gasteiger partial charge on any atom is 0.509 e. The van der Waals surface area contributed by atoms with Gasteiger partial charge >= 0.3 is 6.16 Å². The molecule has 21 heteroatoms. The lowest BCUT2D eigenvalue weighted by Gasteiger charge is -2.23. The summed E-state index contributed by atoms with van der Waals surface area (Å²) in [7, 11) is 7.40. The van der Waals surface area contributed by atoms with E-state index in [1.165, 1.54) is 43.2 Å². The quantitative estimate of drug-likeness (QED) is 0.0212. The molecule has 1 aromatic rings. The zero-order valence-corrected chi connectivity index (χ0v) is 32.2. The van der Waals surface area contributed by atoms with Crippen LogP contribution < -0.4 is 21.1 Å². The largest absolute Gasteiger partial charge is 0.509 e. The van der Waals surface area contributed by atoms with Gasteiger partial charge < -0.3 is 54.6 Å². The van der Waals surface area contributed by atoms with Crippen LogP contribution >= 0.6 is 54.9 Å². The van der Waals surface area contributed by atoms with E-state index in [1.807, 2.05) is 12.5 Å². The Morgan fingerprint density at radius 1 is 1.14 bits per heavy atom. The van der Waals surface area contributed by atoms with Crippen molar-refractivity contribution in [2.45, 2.75) is 35.5 Å². The molecule has 2 amide bonds. The minimum absolute atomic E-state index is 0.0944. The summed E-state index contributed by atoms with van der Waals surface area (Å²) in [5, 5.41) is 25.5. The molecule has 5 atom stereocenters. The van der Waals surface area contributed by atoms with Gasteiger partial charge in [0.1, 0.15) is 47.9 Å². The molecule has 2 rings (SSSR count). The van der Waals surface area contributed by atoms with Gasteiger partial charge in [0.05, 0.1) is 32.5 Å². The normalized spacial score (nSPS) is 17.6. The number of carbonyl (C=O) groups excluding carboxylic acids is 3. The summed E-state index contributed by atoms with van der Waals surface area (Å²) in [5.74, 6) is 5.53. The fourth-order valence-corrected chi connectivity index (χ4v) is 7.17. The molecule has 0 spiro atoms. The number of nitriles is 1. The molecule has 0 saturated carbocycles. The van der Waals surface area contributed by atoms with Gasteiger partial charge in [-0.05, 0) is 48.9 Å². The number of thioether (sulfide) groups is 1. The van der Waals surface area contributed by atoms with Crippen LogP contribution in [-0.2, 0) is 33.2 Å². The van der Waals surface area contributed by atoms with Gasteiger partial charge in [-0.15, -0.1) is 0 Å². The molecule has 1 saturated heterocycles. The standard InChI is InChI=1S/C30H42BN4O11S5/c1-47-50-27(17-42-22-6-3-5-21(13-22)29(38)35-10-8-32)41-12-11-40-16-26(37)34-9-4-7-31-25-14-23(24(15-36)45-25)46-28(51-48-2)18-43-30(39)44-20-49-19-33/h3,5-6,13,23-25,27-28,36H,8-12,14-18,20,32H2,1-2H3,(H,34,37)(H,35,38)/t23-,24?,25-,27?,28+/m1/s1. The molecule has 2 unspecified atom stereocenters. The zero-order chi connectivity index (χ0) is 37.1. The lowest BCUT2D eigenvalue weighted by molar-refractivity contribution is -0.126. The Labute approximate surface area is 318 Å². The Morgan fingerprint density at radius 2 is 1.94 bits per heavy atom. The highest BCUT2D eigenvalue weighted by atomic mass is 33.1. The Hall–Kier alpha value is -2.15. The molecule has 1 fully saturated rings. The second-order valence-corrected chi connectivity index (χ2v) is 15.8. The summed E-state index contributed by atoms with van der Waals surface area (Å²) >= 11 is 0.770. The molecule has 0 aliphatic carbocycles. The topological polar surface area (TPSA) is 210 Å². The number of benzene rings is 1. The minimum Gasteiger partial charge on any atom is -0.490 e. The maximum atomic E-state index is 12.2. The third kappa shape index (κ3) is 20.0. The van der Waals surface area contributed by atoms with Crippen molar-refractivity contribution in [3.63, 3.8) is 0 Å². The van der Waals surface area contributed by atoms with E-state index in [1.54, 1.807) is 36.9 Å². The number of ether oxygens (including phenoxy) is 7. The molecule has 51 heavy (non-hydrogen) atoms. The van der Waals surface area contributed by atoms with Crippen molar-refractivity contribution in [3.05, 3.63) is 29.8 Å². The van der Waals surface area contributed by atoms with E-state index in [-0.39, 0.29) is 69.4 Å². The summed E-state index contributed by atoms with van der Waals surface area (Å²) in [6.07, 6.45) is 2.21. The molecule has 0 bridgehead atoms. The van der Waals surface area contributed by atoms with Crippen LogP contribution in [0.25, 0.3) is 0 Å². The Bertz CT molecular complexity index is 1290. The number of nitrogens with zero attached hydrogens (tertiary/aromatic N) is 1. The van der Waals surface area contributed by atoms with E-state index in [2.05, 4.69) is 22.4 Å². The summed E-state index contributed by atoms with van der Waals surface area (Å²) in [6.45, 7) is 0.977. The molecule has 5 N–H and O–H groups in total. The Morgan fingerprint density at radius 3 is 2.69 bits per heavy atom. The van der Waals surface area contributed by atoms with E-state index in [4.69, 9.17) is 44.2 Å². The highest BCUT2D eigenvalue weighted by Crippen LogP contribution is 2.31. The van der Waals surface area contributed by atoms with E-state index in [0.717, 1.165) is 11.8 Å². The second-order valence-electron chi connectivity index (χ2n) is 9.82. The Kier molecular flexibility index (Phi) is 25.0. The van der Waals surface area contributed by atoms with Crippen LogP contribution in [0, 0.1) is 22.4 Å². The summed E-state index contributed by atoms with van der Waals surface area (Å²) in [6, 6.07) is 6.44. The van der Waals surface area contributed by atoms with E-state index in [9.17, 15) is 19.5 Å². The van der Waals surface area contributed by atoms with Crippen LogP contribution in [0.1, 0.15) is 16.8 Å². The fraction of sp³-hybridized carbons (Fsp3) is 0.600. The van der Waals surface area contributed by atoms with Gasteiger partial charge in [-0.2, -0.15) is 11.1 Å². The third-order valence-electron chi connectivity index (χ3n) is 6.20. The third-order valence-corrected chi connectivity index (χ3v) is 10.3. The molecular formula is C30H42BN4O11S5. The number of amides is 2. The number of aliphatic hydroxyl groups is 1. The van der Waals surface area contributed by atoms with Crippen molar-refractivity contribution in [2.75, 3.05) is 77.7 Å². The highest BCUT2D eigenvalue weighted by molar-refractivity contribution is 8.76. The second kappa shape index (κ2) is 28.4. The molecule has 1 radical (unpaired) electrons. The number of aliphatic hydroxyl groups excluding tert-OH is 1. The van der Waals surface area contributed by atoms with Crippen molar-refractivity contribution in [1.29, 1.82) is 5.26 Å². The molecule has 1 aliphatic heterocycles. The lowest BCUT2D eigenvalue weighted by atomic mass is 9.71. The van der Waals surface area contributed by atoms with E-state index < -0.39 is 29.8 Å². The molecule has 1 heterocycles. The predicted molar refractivity (Wildman–Crippen MR) is 202 cm³/mol. The van der Waals surface area contributed by atoms with E-state index >= 15 is 0 Å². The maximum absolute atomic E-state index is 12.2. The zero-order valence-electron chi connectivity index (χ0n) is 28.1. The molecular weight excluding hydrogens is 763 g/mol. The number of rotatable bonds is 25. The predicted octanol–water partition coefficient (Wildman–Crippen LogP) is 2.06. The number of nitrogens with two attached hydrogens (primary N) is 1. The van der Waals surface area contributed by atoms with Gasteiger partial charge in [0.25, 0.3) is 13.2 Å². The van der Waals surface area contributed by atoms with Gasteiger partial charge in [-0.1, -0.05) is 55.2 Å². The van der Waals surface area contributed by atoms with Crippen LogP contribution in [0.4, 0.5) is 4.79 Å². The van der Waals surface area contributed by atoms with Gasteiger partial charge in [0, 0.05) is 24.7 Å². The smallest absolute Gasteiger partial charge is 0.490 e. The van der Waals surface area contributed by atoms with Crippen LogP contribution in [0.3, 0.4) is 0 Å². The minimum atomic E-state index is -0.910. The summed E-state index contributed by atoms with van der Waals surface area (Å²) in [5.41, 5.74) is 5.06. The number of hydrogen-bond acceptors (Lipinski definition) is 18. The van der Waals surface area contributed by atoms with Crippen LogP contribution in [0.5, 0.6) is 5.75 Å². The first-order valence-corrected chi connectivity index (χ1v) is 21.7. The first kappa shape index (κ1) is 45.0. The molecule has 1 aliphatic rings. The van der Waals surface area contributed by atoms with Crippen molar-refractivity contribution < 1.29 is 52.6 Å². The van der Waals surface area contributed by atoms with Gasteiger partial charge in [0.15, 0.2) is 5.94 Å². The average molecular weight is 806 g/mol. The lowest BCUT2D eigenvalue weighted by Crippen LogP contribution is -2.32. The van der Waals surface area contributed by atoms with Crippen molar-refractivity contribution in [2.24, 2.45) is 5.73 Å². The molecule has 281 valence electrons. The van der Waals surface area contributed by atoms with E-state index in [0.29, 0.717) is 30.8 Å². The number of nitrogens with one attached hydrogen (secondary N) is 2. The van der Waals surface area contributed by atoms with Crippen LogP contribution in [-0.4, -0.2) is 137 Å². The SMILES string of the molecule is CSSC(COc1cccc(C(=O)NCCN)c1)OCCOCC(=O)NCC#C[B][C@H]1C[C@@H](O[C@H](COC(=O)OCSC#N)SSC)C(CO)O1. The van der Waals surface area contributed by atoms with Gasteiger partial charge in [0.2, 0.25) is 5.91 Å². The summed E-state index contributed by atoms with van der Waals surface area (Å²) in [4.78, 5) is 36.0. The fourth-order valence-electron chi connectivity index (χ4n) is 4.02. The van der Waals surface area contributed by atoms with Crippen molar-refractivity contribution in [1.82, 2.24) is 10.6 Å². The van der Waals surface area contributed by atoms with Gasteiger partial charge in [-0.3, -0.25) is 9.59 Å². The van der Waals surface area contributed by atoms with Crippen LogP contribution in [0.2, 0.25) is 0 Å². The average Bonchev–Trinajstić information content (AvgIpc) is 3.52. The number of hydrogen-bond donors (Lipinski definition) is 4. The first-order valence-electron chi connectivity index (χ1n) is 15.4. The number of carbonyl (C=O) groups is 3. The summed E-state index contributed by atoms with van der Waals surface area (Å²) < 4.78 is 38.8.